The lowest BCUT2D eigenvalue weighted by Crippen LogP contribution is -1.90. The van der Waals surface area contributed by atoms with E-state index in [2.05, 4.69) is 15.5 Å². The minimum absolute atomic E-state index is 0.506. The second-order valence-corrected chi connectivity index (χ2v) is 7.89. The molecule has 0 aliphatic carbocycles. The van der Waals surface area contributed by atoms with Crippen molar-refractivity contribution in [1.82, 2.24) is 10.1 Å². The summed E-state index contributed by atoms with van der Waals surface area (Å²) in [6, 6.07) is 12.7. The third-order valence-corrected chi connectivity index (χ3v) is 5.46. The van der Waals surface area contributed by atoms with Crippen LogP contribution in [0.25, 0.3) is 22.5 Å². The quantitative estimate of drug-likeness (QED) is 0.360. The highest BCUT2D eigenvalue weighted by Crippen LogP contribution is 2.39. The molecule has 0 saturated heterocycles. The van der Waals surface area contributed by atoms with E-state index in [0.717, 1.165) is 27.6 Å². The number of thiazole rings is 1. The first-order valence-electron chi connectivity index (χ1n) is 7.91. The summed E-state index contributed by atoms with van der Waals surface area (Å²) in [6.07, 6.45) is 0. The third kappa shape index (κ3) is 3.82. The number of halogens is 3. The van der Waals surface area contributed by atoms with Crippen molar-refractivity contribution in [1.29, 1.82) is 0 Å². The summed E-state index contributed by atoms with van der Waals surface area (Å²) < 4.78 is 5.42. The number of hydrogen-bond acceptors (Lipinski definition) is 5. The van der Waals surface area contributed by atoms with E-state index in [-0.39, 0.29) is 0 Å². The van der Waals surface area contributed by atoms with Crippen LogP contribution in [-0.2, 0) is 0 Å². The molecule has 0 fully saturated rings. The predicted molar refractivity (Wildman–Crippen MR) is 113 cm³/mol. The van der Waals surface area contributed by atoms with Gasteiger partial charge in [-0.1, -0.05) is 40.0 Å². The standard InChI is InChI=1S/C19H12Cl3N3OS/c1-10-17(18(25-26-10)14-7-4-12(21)8-15(14)22)16-9-27-19(24-16)23-13-5-2-11(20)3-6-13/h2-9H,1H3,(H,23,24). The van der Waals surface area contributed by atoms with Crippen LogP contribution in [0.5, 0.6) is 0 Å². The zero-order chi connectivity index (χ0) is 19.0. The van der Waals surface area contributed by atoms with Crippen LogP contribution in [-0.4, -0.2) is 10.1 Å². The average molecular weight is 437 g/mol. The maximum atomic E-state index is 6.35. The lowest BCUT2D eigenvalue weighted by atomic mass is 10.0. The van der Waals surface area contributed by atoms with E-state index < -0.39 is 0 Å². The molecule has 0 saturated carbocycles. The van der Waals surface area contributed by atoms with E-state index in [1.807, 2.05) is 42.6 Å². The van der Waals surface area contributed by atoms with Gasteiger partial charge in [-0.05, 0) is 49.4 Å². The zero-order valence-corrected chi connectivity index (χ0v) is 17.0. The summed E-state index contributed by atoms with van der Waals surface area (Å²) in [5.74, 6) is 0.666. The molecule has 4 nitrogen and oxygen atoms in total. The van der Waals surface area contributed by atoms with Gasteiger partial charge in [0.2, 0.25) is 0 Å². The molecular weight excluding hydrogens is 425 g/mol. The second-order valence-electron chi connectivity index (χ2n) is 5.76. The summed E-state index contributed by atoms with van der Waals surface area (Å²) in [5, 5.41) is 11.9. The Hall–Kier alpha value is -2.05. The molecule has 2 heterocycles. The van der Waals surface area contributed by atoms with Crippen LogP contribution in [0.1, 0.15) is 5.76 Å². The fourth-order valence-corrected chi connectivity index (χ4v) is 3.99. The van der Waals surface area contributed by atoms with Gasteiger partial charge >= 0.3 is 0 Å². The van der Waals surface area contributed by atoms with Crippen LogP contribution >= 0.6 is 46.1 Å². The van der Waals surface area contributed by atoms with E-state index in [0.29, 0.717) is 26.5 Å². The summed E-state index contributed by atoms with van der Waals surface area (Å²) in [7, 11) is 0. The van der Waals surface area contributed by atoms with Crippen LogP contribution in [0.2, 0.25) is 15.1 Å². The van der Waals surface area contributed by atoms with Crippen LogP contribution in [0.15, 0.2) is 52.4 Å². The lowest BCUT2D eigenvalue weighted by molar-refractivity contribution is 0.400. The molecule has 4 rings (SSSR count). The topological polar surface area (TPSA) is 51.0 Å². The second kappa shape index (κ2) is 7.52. The Bertz CT molecular complexity index is 1110. The SMILES string of the molecule is Cc1onc(-c2ccc(Cl)cc2Cl)c1-c1csc(Nc2ccc(Cl)cc2)n1. The first-order valence-corrected chi connectivity index (χ1v) is 9.93. The summed E-state index contributed by atoms with van der Waals surface area (Å²) >= 11 is 19.8. The Morgan fingerprint density at radius 3 is 2.48 bits per heavy atom. The molecule has 0 bridgehead atoms. The lowest BCUT2D eigenvalue weighted by Gasteiger charge is -2.04. The van der Waals surface area contributed by atoms with E-state index in [1.54, 1.807) is 12.1 Å². The Morgan fingerprint density at radius 2 is 1.74 bits per heavy atom. The molecule has 27 heavy (non-hydrogen) atoms. The highest BCUT2D eigenvalue weighted by Gasteiger charge is 2.21. The minimum atomic E-state index is 0.506. The van der Waals surface area contributed by atoms with E-state index in [9.17, 15) is 0 Å². The minimum Gasteiger partial charge on any atom is -0.360 e. The molecule has 0 atom stereocenters. The summed E-state index contributed by atoms with van der Waals surface area (Å²) in [4.78, 5) is 4.67. The van der Waals surface area contributed by atoms with Crippen molar-refractivity contribution in [2.24, 2.45) is 0 Å². The molecule has 0 aliphatic rings. The highest BCUT2D eigenvalue weighted by atomic mass is 35.5. The number of benzene rings is 2. The molecule has 2 aromatic heterocycles. The average Bonchev–Trinajstić information content (AvgIpc) is 3.23. The molecule has 4 aromatic rings. The van der Waals surface area contributed by atoms with E-state index >= 15 is 0 Å². The molecule has 8 heteroatoms. The number of aromatic nitrogens is 2. The number of anilines is 2. The van der Waals surface area contributed by atoms with Crippen molar-refractivity contribution < 1.29 is 4.52 Å². The smallest absolute Gasteiger partial charge is 0.187 e. The van der Waals surface area contributed by atoms with Gasteiger partial charge in [-0.25, -0.2) is 4.98 Å². The number of aryl methyl sites for hydroxylation is 1. The number of rotatable bonds is 4. The van der Waals surface area contributed by atoms with Gasteiger partial charge in [0.05, 0.1) is 16.3 Å². The fraction of sp³-hybridized carbons (Fsp3) is 0.0526. The first-order chi connectivity index (χ1) is 13.0. The molecule has 0 aliphatic heterocycles. The molecule has 136 valence electrons. The molecule has 0 spiro atoms. The van der Waals surface area contributed by atoms with Gasteiger partial charge in [0.25, 0.3) is 0 Å². The summed E-state index contributed by atoms with van der Waals surface area (Å²) in [5.41, 5.74) is 3.85. The fourth-order valence-electron chi connectivity index (χ4n) is 2.64. The third-order valence-electron chi connectivity index (χ3n) is 3.90. The van der Waals surface area contributed by atoms with Crippen molar-refractivity contribution in [2.45, 2.75) is 6.92 Å². The van der Waals surface area contributed by atoms with E-state index in [4.69, 9.17) is 39.3 Å². The van der Waals surface area contributed by atoms with E-state index in [1.165, 1.54) is 11.3 Å². The highest BCUT2D eigenvalue weighted by molar-refractivity contribution is 7.14. The van der Waals surface area contributed by atoms with Gasteiger partial charge in [0, 0.05) is 26.7 Å². The van der Waals surface area contributed by atoms with Crippen molar-refractivity contribution in [3.63, 3.8) is 0 Å². The largest absolute Gasteiger partial charge is 0.360 e. The molecule has 1 N–H and O–H groups in total. The van der Waals surface area contributed by atoms with Gasteiger partial charge < -0.3 is 9.84 Å². The van der Waals surface area contributed by atoms with Crippen LogP contribution in [0.4, 0.5) is 10.8 Å². The van der Waals surface area contributed by atoms with Crippen molar-refractivity contribution in [3.05, 3.63) is 68.7 Å². The molecule has 0 amide bonds. The Labute approximate surface area is 174 Å². The Morgan fingerprint density at radius 1 is 1.00 bits per heavy atom. The van der Waals surface area contributed by atoms with Crippen LogP contribution in [0, 0.1) is 6.92 Å². The van der Waals surface area contributed by atoms with Crippen molar-refractivity contribution in [3.8, 4) is 22.5 Å². The zero-order valence-electron chi connectivity index (χ0n) is 14.0. The van der Waals surface area contributed by atoms with Crippen LogP contribution < -0.4 is 5.32 Å². The Balaban J connectivity index is 1.69. The molecule has 0 radical (unpaired) electrons. The van der Waals surface area contributed by atoms with Gasteiger partial charge in [-0.3, -0.25) is 0 Å². The van der Waals surface area contributed by atoms with Gasteiger partial charge in [0.1, 0.15) is 11.5 Å². The maximum Gasteiger partial charge on any atom is 0.187 e. The predicted octanol–water partition coefficient (Wildman–Crippen LogP) is 7.48. The van der Waals surface area contributed by atoms with Crippen molar-refractivity contribution in [2.75, 3.05) is 5.32 Å². The Kier molecular flexibility index (Phi) is 5.10. The van der Waals surface area contributed by atoms with Crippen LogP contribution in [0.3, 0.4) is 0 Å². The molecule has 2 aromatic carbocycles. The number of nitrogens with zero attached hydrogens (tertiary/aromatic N) is 2. The van der Waals surface area contributed by atoms with Gasteiger partial charge in [-0.15, -0.1) is 11.3 Å². The molecule has 0 unspecified atom stereocenters. The van der Waals surface area contributed by atoms with Crippen molar-refractivity contribution >= 4 is 57.0 Å². The monoisotopic (exact) mass is 435 g/mol. The summed E-state index contributed by atoms with van der Waals surface area (Å²) in [6.45, 7) is 1.85. The molecular formula is C19H12Cl3N3OS. The number of hydrogen-bond donors (Lipinski definition) is 1. The number of nitrogens with one attached hydrogen (secondary N) is 1. The maximum absolute atomic E-state index is 6.35. The van der Waals surface area contributed by atoms with Gasteiger partial charge in [0.15, 0.2) is 5.13 Å². The first kappa shape index (κ1) is 18.3. The normalized spacial score (nSPS) is 11.0. The van der Waals surface area contributed by atoms with Gasteiger partial charge in [-0.2, -0.15) is 0 Å².